The molecule has 1 N–H and O–H groups in total. The van der Waals surface area contributed by atoms with E-state index in [9.17, 15) is 12.8 Å². The van der Waals surface area contributed by atoms with Crippen LogP contribution in [0.5, 0.6) is 0 Å². The van der Waals surface area contributed by atoms with Crippen LogP contribution in [0, 0.1) is 17.1 Å². The fraction of sp³-hybridized carbons (Fsp3) is 0. The Hall–Kier alpha value is -1.98. The molecule has 1 heterocycles. The first-order chi connectivity index (χ1) is 9.44. The maximum atomic E-state index is 13.6. The van der Waals surface area contributed by atoms with E-state index in [1.807, 2.05) is 0 Å². The van der Waals surface area contributed by atoms with Gasteiger partial charge in [-0.3, -0.25) is 4.72 Å². The van der Waals surface area contributed by atoms with E-state index in [-0.39, 0.29) is 16.3 Å². The number of halogens is 2. The van der Waals surface area contributed by atoms with E-state index < -0.39 is 15.8 Å². The lowest BCUT2D eigenvalue weighted by atomic mass is 10.3. The second-order valence-electron chi connectivity index (χ2n) is 3.69. The normalized spacial score (nSPS) is 10.8. The summed E-state index contributed by atoms with van der Waals surface area (Å²) in [6.07, 6.45) is 1.30. The Kier molecular flexibility index (Phi) is 4.01. The molecule has 8 heteroatoms. The third kappa shape index (κ3) is 2.95. The lowest BCUT2D eigenvalue weighted by Crippen LogP contribution is -2.15. The van der Waals surface area contributed by atoms with Crippen molar-refractivity contribution < 1.29 is 12.8 Å². The van der Waals surface area contributed by atoms with Gasteiger partial charge in [0.05, 0.1) is 5.69 Å². The minimum atomic E-state index is -4.08. The SMILES string of the molecule is N#Cc1ncccc1S(=O)(=O)Nc1ccc(Br)cc1F. The molecule has 0 radical (unpaired) electrons. The maximum absolute atomic E-state index is 13.6. The molecule has 2 aromatic rings. The molecule has 0 spiro atoms. The number of hydrogen-bond acceptors (Lipinski definition) is 4. The van der Waals surface area contributed by atoms with Crippen LogP contribution < -0.4 is 4.72 Å². The Labute approximate surface area is 123 Å². The van der Waals surface area contributed by atoms with Crippen LogP contribution in [0.15, 0.2) is 45.9 Å². The van der Waals surface area contributed by atoms with E-state index in [0.29, 0.717) is 4.47 Å². The predicted molar refractivity (Wildman–Crippen MR) is 73.9 cm³/mol. The molecule has 0 atom stereocenters. The molecule has 1 aromatic heterocycles. The Morgan fingerprint density at radius 1 is 1.35 bits per heavy atom. The molecule has 0 saturated carbocycles. The average Bonchev–Trinajstić information content (AvgIpc) is 2.42. The number of nitrogens with one attached hydrogen (secondary N) is 1. The summed E-state index contributed by atoms with van der Waals surface area (Å²) in [5.74, 6) is -0.731. The van der Waals surface area contributed by atoms with Gasteiger partial charge in [0.1, 0.15) is 16.8 Å². The Morgan fingerprint density at radius 2 is 2.10 bits per heavy atom. The van der Waals surface area contributed by atoms with Crippen LogP contribution in [0.25, 0.3) is 0 Å². The maximum Gasteiger partial charge on any atom is 0.264 e. The summed E-state index contributed by atoms with van der Waals surface area (Å²) in [6, 6.07) is 8.19. The molecule has 1 aromatic carbocycles. The smallest absolute Gasteiger partial charge is 0.264 e. The molecule has 0 saturated heterocycles. The molecule has 0 unspecified atom stereocenters. The molecule has 20 heavy (non-hydrogen) atoms. The lowest BCUT2D eigenvalue weighted by molar-refractivity contribution is 0.598. The summed E-state index contributed by atoms with van der Waals surface area (Å²) in [6.45, 7) is 0. The second-order valence-corrected chi connectivity index (χ2v) is 6.26. The summed E-state index contributed by atoms with van der Waals surface area (Å²) < 4.78 is 40.5. The van der Waals surface area contributed by atoms with Gasteiger partial charge in [-0.2, -0.15) is 5.26 Å². The number of pyridine rings is 1. The molecule has 0 aliphatic heterocycles. The Bertz CT molecular complexity index is 803. The molecule has 0 amide bonds. The Morgan fingerprint density at radius 3 is 2.75 bits per heavy atom. The molecule has 0 fully saturated rings. The van der Waals surface area contributed by atoms with E-state index in [1.165, 1.54) is 30.5 Å². The molecule has 5 nitrogen and oxygen atoms in total. The first-order valence-corrected chi connectivity index (χ1v) is 7.54. The van der Waals surface area contributed by atoms with Crippen molar-refractivity contribution in [2.75, 3.05) is 4.72 Å². The van der Waals surface area contributed by atoms with Crippen molar-refractivity contribution >= 4 is 31.6 Å². The van der Waals surface area contributed by atoms with Crippen LogP contribution in [-0.2, 0) is 10.0 Å². The first kappa shape index (κ1) is 14.4. The average molecular weight is 356 g/mol. The largest absolute Gasteiger partial charge is 0.277 e. The zero-order valence-corrected chi connectivity index (χ0v) is 12.2. The number of nitriles is 1. The van der Waals surface area contributed by atoms with Gasteiger partial charge in [0.25, 0.3) is 10.0 Å². The zero-order valence-electron chi connectivity index (χ0n) is 9.84. The van der Waals surface area contributed by atoms with Crippen LogP contribution in [0.4, 0.5) is 10.1 Å². The highest BCUT2D eigenvalue weighted by Crippen LogP contribution is 2.23. The molecule has 0 bridgehead atoms. The lowest BCUT2D eigenvalue weighted by Gasteiger charge is -2.09. The van der Waals surface area contributed by atoms with Gasteiger partial charge in [0.15, 0.2) is 5.69 Å². The third-order valence-electron chi connectivity index (χ3n) is 2.34. The summed E-state index contributed by atoms with van der Waals surface area (Å²) in [5, 5.41) is 8.85. The van der Waals surface area contributed by atoms with Crippen molar-refractivity contribution in [2.24, 2.45) is 0 Å². The van der Waals surface area contributed by atoms with Crippen LogP contribution in [-0.4, -0.2) is 13.4 Å². The van der Waals surface area contributed by atoms with Crippen molar-refractivity contribution in [3.63, 3.8) is 0 Å². The van der Waals surface area contributed by atoms with E-state index >= 15 is 0 Å². The van der Waals surface area contributed by atoms with Crippen molar-refractivity contribution in [3.8, 4) is 6.07 Å². The highest BCUT2D eigenvalue weighted by Gasteiger charge is 2.20. The zero-order chi connectivity index (χ0) is 14.8. The van der Waals surface area contributed by atoms with Gasteiger partial charge < -0.3 is 0 Å². The summed E-state index contributed by atoms with van der Waals surface area (Å²) >= 11 is 3.07. The highest BCUT2D eigenvalue weighted by molar-refractivity contribution is 9.10. The van der Waals surface area contributed by atoms with Gasteiger partial charge in [0.2, 0.25) is 0 Å². The standard InChI is InChI=1S/C12H7BrFN3O2S/c13-8-3-4-10(9(14)6-8)17-20(18,19)12-2-1-5-16-11(12)7-15/h1-6,17H. The van der Waals surface area contributed by atoms with Gasteiger partial charge in [-0.25, -0.2) is 17.8 Å². The van der Waals surface area contributed by atoms with Gasteiger partial charge in [-0.05, 0) is 30.3 Å². The molecule has 102 valence electrons. The van der Waals surface area contributed by atoms with E-state index in [1.54, 1.807) is 6.07 Å². The summed E-state index contributed by atoms with van der Waals surface area (Å²) in [4.78, 5) is 3.36. The van der Waals surface area contributed by atoms with Crippen LogP contribution >= 0.6 is 15.9 Å². The van der Waals surface area contributed by atoms with Crippen LogP contribution in [0.1, 0.15) is 5.69 Å². The fourth-order valence-corrected chi connectivity index (χ4v) is 2.97. The number of anilines is 1. The summed E-state index contributed by atoms with van der Waals surface area (Å²) in [5.41, 5.74) is -0.460. The van der Waals surface area contributed by atoms with Crippen LogP contribution in [0.2, 0.25) is 0 Å². The highest BCUT2D eigenvalue weighted by atomic mass is 79.9. The quantitative estimate of drug-likeness (QED) is 0.917. The second kappa shape index (κ2) is 5.56. The van der Waals surface area contributed by atoms with Crippen molar-refractivity contribution in [1.29, 1.82) is 5.26 Å². The number of rotatable bonds is 3. The summed E-state index contributed by atoms with van der Waals surface area (Å²) in [7, 11) is -4.08. The molecule has 0 aliphatic carbocycles. The third-order valence-corrected chi connectivity index (χ3v) is 4.23. The number of aromatic nitrogens is 1. The van der Waals surface area contributed by atoms with Crippen molar-refractivity contribution in [2.45, 2.75) is 4.90 Å². The van der Waals surface area contributed by atoms with E-state index in [0.717, 1.165) is 6.07 Å². The number of hydrogen-bond donors (Lipinski definition) is 1. The molecule has 0 aliphatic rings. The molecule has 2 rings (SSSR count). The van der Waals surface area contributed by atoms with Gasteiger partial charge in [0, 0.05) is 10.7 Å². The van der Waals surface area contributed by atoms with E-state index in [2.05, 4.69) is 25.6 Å². The van der Waals surface area contributed by atoms with Gasteiger partial charge >= 0.3 is 0 Å². The topological polar surface area (TPSA) is 82.8 Å². The Balaban J connectivity index is 2.44. The predicted octanol–water partition coefficient (Wildman–Crippen LogP) is 2.66. The van der Waals surface area contributed by atoms with Crippen molar-refractivity contribution in [3.05, 3.63) is 52.5 Å². The molecular formula is C12H7BrFN3O2S. The number of benzene rings is 1. The van der Waals surface area contributed by atoms with Gasteiger partial charge in [-0.1, -0.05) is 15.9 Å². The number of nitrogens with zero attached hydrogens (tertiary/aromatic N) is 2. The van der Waals surface area contributed by atoms with E-state index in [4.69, 9.17) is 5.26 Å². The van der Waals surface area contributed by atoms with Crippen LogP contribution in [0.3, 0.4) is 0 Å². The first-order valence-electron chi connectivity index (χ1n) is 5.27. The fourth-order valence-electron chi connectivity index (χ4n) is 1.46. The van der Waals surface area contributed by atoms with Crippen molar-refractivity contribution in [1.82, 2.24) is 4.98 Å². The molecular weight excluding hydrogens is 349 g/mol. The number of sulfonamides is 1. The minimum absolute atomic E-state index is 0.207. The monoisotopic (exact) mass is 355 g/mol. The van der Waals surface area contributed by atoms with Gasteiger partial charge in [-0.15, -0.1) is 0 Å². The minimum Gasteiger partial charge on any atom is -0.277 e.